The number of ether oxygens (including phenoxy) is 1. The third-order valence-electron chi connectivity index (χ3n) is 6.04. The number of piperidine rings is 1. The molecule has 0 bridgehead atoms. The molecular formula is C26H24FN3O5. The first-order valence-corrected chi connectivity index (χ1v) is 11.1. The molecule has 4 rings (SSSR count). The fourth-order valence-electron chi connectivity index (χ4n) is 4.27. The van der Waals surface area contributed by atoms with Crippen molar-refractivity contribution in [3.63, 3.8) is 0 Å². The standard InChI is InChI=1S/C26H24FN3O5/c1-18-10-11-22(23(14-18)30(33)34)29-17-26(13-12-24(29)31,20-8-5-9-21(27)15-20)28-25(32)35-16-19-6-3-2-4-7-19/h2-11,14-15H,12-13,16-17H2,1H3,(H,28,32). The number of nitrogens with zero attached hydrogens (tertiary/aromatic N) is 2. The van der Waals surface area contributed by atoms with Gasteiger partial charge in [-0.3, -0.25) is 14.9 Å². The van der Waals surface area contributed by atoms with Gasteiger partial charge in [0.1, 0.15) is 18.1 Å². The lowest BCUT2D eigenvalue weighted by molar-refractivity contribution is -0.384. The molecule has 1 aliphatic rings. The Morgan fingerprint density at radius 2 is 1.91 bits per heavy atom. The minimum absolute atomic E-state index is 0.0134. The number of nitrogens with one attached hydrogen (secondary N) is 1. The van der Waals surface area contributed by atoms with Crippen LogP contribution in [0.4, 0.5) is 20.6 Å². The lowest BCUT2D eigenvalue weighted by Gasteiger charge is -2.43. The number of rotatable bonds is 6. The molecule has 9 heteroatoms. The highest BCUT2D eigenvalue weighted by molar-refractivity contribution is 5.97. The van der Waals surface area contributed by atoms with Gasteiger partial charge in [0.25, 0.3) is 5.69 Å². The second kappa shape index (κ2) is 9.92. The number of aryl methyl sites for hydroxylation is 1. The van der Waals surface area contributed by atoms with E-state index in [0.29, 0.717) is 11.1 Å². The first-order chi connectivity index (χ1) is 16.8. The predicted octanol–water partition coefficient (Wildman–Crippen LogP) is 4.99. The van der Waals surface area contributed by atoms with Gasteiger partial charge in [0.05, 0.1) is 17.0 Å². The molecule has 180 valence electrons. The van der Waals surface area contributed by atoms with Crippen molar-refractivity contribution in [1.82, 2.24) is 5.32 Å². The molecule has 3 aromatic rings. The molecule has 8 nitrogen and oxygen atoms in total. The van der Waals surface area contributed by atoms with Gasteiger partial charge in [-0.05, 0) is 48.2 Å². The first kappa shape index (κ1) is 23.9. The summed E-state index contributed by atoms with van der Waals surface area (Å²) in [6.07, 6.45) is -0.585. The second-order valence-corrected chi connectivity index (χ2v) is 8.51. The first-order valence-electron chi connectivity index (χ1n) is 11.1. The summed E-state index contributed by atoms with van der Waals surface area (Å²) < 4.78 is 19.6. The van der Waals surface area contributed by atoms with Gasteiger partial charge in [0, 0.05) is 12.5 Å². The molecule has 0 aromatic heterocycles. The summed E-state index contributed by atoms with van der Waals surface area (Å²) in [6.45, 7) is 1.62. The van der Waals surface area contributed by atoms with Crippen molar-refractivity contribution in [2.24, 2.45) is 0 Å². The minimum Gasteiger partial charge on any atom is -0.445 e. The molecule has 35 heavy (non-hydrogen) atoms. The van der Waals surface area contributed by atoms with Crippen molar-refractivity contribution in [3.05, 3.63) is 105 Å². The maximum atomic E-state index is 14.2. The molecule has 1 atom stereocenters. The van der Waals surface area contributed by atoms with Crippen LogP contribution in [0.1, 0.15) is 29.5 Å². The number of nitro benzene ring substituents is 1. The highest BCUT2D eigenvalue weighted by atomic mass is 19.1. The Morgan fingerprint density at radius 1 is 1.14 bits per heavy atom. The molecule has 1 heterocycles. The Morgan fingerprint density at radius 3 is 2.63 bits per heavy atom. The zero-order chi connectivity index (χ0) is 25.0. The molecule has 1 N–H and O–H groups in total. The number of halogens is 1. The van der Waals surface area contributed by atoms with E-state index >= 15 is 0 Å². The maximum absolute atomic E-state index is 14.2. The summed E-state index contributed by atoms with van der Waals surface area (Å²) in [6, 6.07) is 19.4. The van der Waals surface area contributed by atoms with Crippen molar-refractivity contribution < 1.29 is 23.6 Å². The fourth-order valence-corrected chi connectivity index (χ4v) is 4.27. The molecule has 2 amide bonds. The quantitative estimate of drug-likeness (QED) is 0.398. The topological polar surface area (TPSA) is 102 Å². The number of alkyl carbamates (subject to hydrolysis) is 1. The fraction of sp³-hybridized carbons (Fsp3) is 0.231. The van der Waals surface area contributed by atoms with Crippen molar-refractivity contribution in [2.45, 2.75) is 31.9 Å². The molecule has 0 saturated carbocycles. The molecule has 3 aromatic carbocycles. The van der Waals surface area contributed by atoms with Crippen LogP contribution in [0.3, 0.4) is 0 Å². The van der Waals surface area contributed by atoms with Crippen LogP contribution in [0.25, 0.3) is 0 Å². The number of nitro groups is 1. The Balaban J connectivity index is 1.68. The Labute approximate surface area is 201 Å². The molecule has 0 spiro atoms. The molecule has 1 unspecified atom stereocenters. The lowest BCUT2D eigenvalue weighted by Crippen LogP contribution is -2.58. The van der Waals surface area contributed by atoms with E-state index in [2.05, 4.69) is 5.32 Å². The van der Waals surface area contributed by atoms with Gasteiger partial charge < -0.3 is 15.0 Å². The predicted molar refractivity (Wildman–Crippen MR) is 127 cm³/mol. The maximum Gasteiger partial charge on any atom is 0.408 e. The average molecular weight is 477 g/mol. The normalized spacial score (nSPS) is 17.7. The number of hydrogen-bond acceptors (Lipinski definition) is 5. The van der Waals surface area contributed by atoms with Crippen LogP contribution in [-0.2, 0) is 21.7 Å². The molecule has 0 radical (unpaired) electrons. The molecule has 1 fully saturated rings. The number of carbonyl (C=O) groups excluding carboxylic acids is 2. The highest BCUT2D eigenvalue weighted by Crippen LogP contribution is 2.38. The van der Waals surface area contributed by atoms with Crippen LogP contribution < -0.4 is 10.2 Å². The smallest absolute Gasteiger partial charge is 0.408 e. The second-order valence-electron chi connectivity index (χ2n) is 8.51. The van der Waals surface area contributed by atoms with Crippen LogP contribution in [0.15, 0.2) is 72.8 Å². The van der Waals surface area contributed by atoms with E-state index in [1.807, 2.05) is 30.3 Å². The summed E-state index contributed by atoms with van der Waals surface area (Å²) in [5.41, 5.74) is 0.567. The molecule has 1 aliphatic heterocycles. The number of amides is 2. The van der Waals surface area contributed by atoms with Crippen LogP contribution in [0.2, 0.25) is 0 Å². The van der Waals surface area contributed by atoms with E-state index < -0.39 is 22.4 Å². The van der Waals surface area contributed by atoms with Gasteiger partial charge in [-0.25, -0.2) is 9.18 Å². The van der Waals surface area contributed by atoms with Crippen LogP contribution in [0.5, 0.6) is 0 Å². The third kappa shape index (κ3) is 5.29. The van der Waals surface area contributed by atoms with Gasteiger partial charge in [0.2, 0.25) is 5.91 Å². The van der Waals surface area contributed by atoms with E-state index in [9.17, 15) is 24.1 Å². The minimum atomic E-state index is -1.22. The zero-order valence-corrected chi connectivity index (χ0v) is 19.1. The summed E-state index contributed by atoms with van der Waals surface area (Å²) in [5.74, 6) is -0.838. The zero-order valence-electron chi connectivity index (χ0n) is 19.1. The van der Waals surface area contributed by atoms with E-state index in [0.717, 1.165) is 5.56 Å². The monoisotopic (exact) mass is 477 g/mol. The molecule has 0 aliphatic carbocycles. The van der Waals surface area contributed by atoms with Crippen molar-refractivity contribution in [2.75, 3.05) is 11.4 Å². The highest BCUT2D eigenvalue weighted by Gasteiger charge is 2.44. The number of carbonyl (C=O) groups is 2. The van der Waals surface area contributed by atoms with Crippen molar-refractivity contribution in [3.8, 4) is 0 Å². The van der Waals surface area contributed by atoms with Gasteiger partial charge in [-0.15, -0.1) is 0 Å². The SMILES string of the molecule is Cc1ccc(N2CC(NC(=O)OCc3ccccc3)(c3cccc(F)c3)CCC2=O)c([N+](=O)[O-])c1. The molecular weight excluding hydrogens is 453 g/mol. The van der Waals surface area contributed by atoms with E-state index in [-0.39, 0.29) is 43.3 Å². The van der Waals surface area contributed by atoms with Crippen LogP contribution >= 0.6 is 0 Å². The Bertz CT molecular complexity index is 1270. The van der Waals surface area contributed by atoms with Crippen LogP contribution in [-0.4, -0.2) is 23.5 Å². The summed E-state index contributed by atoms with van der Waals surface area (Å²) in [5, 5.41) is 14.6. The number of benzene rings is 3. The number of hydrogen-bond donors (Lipinski definition) is 1. The van der Waals surface area contributed by atoms with E-state index in [1.54, 1.807) is 19.1 Å². The van der Waals surface area contributed by atoms with E-state index in [4.69, 9.17) is 4.74 Å². The van der Waals surface area contributed by atoms with Gasteiger partial charge in [-0.1, -0.05) is 48.5 Å². The Hall–Kier alpha value is -4.27. The lowest BCUT2D eigenvalue weighted by atomic mass is 9.81. The van der Waals surface area contributed by atoms with E-state index in [1.165, 1.54) is 35.2 Å². The summed E-state index contributed by atoms with van der Waals surface area (Å²) in [7, 11) is 0. The van der Waals surface area contributed by atoms with Gasteiger partial charge >= 0.3 is 6.09 Å². The Kier molecular flexibility index (Phi) is 6.77. The number of anilines is 1. The summed E-state index contributed by atoms with van der Waals surface area (Å²) in [4.78, 5) is 38.2. The molecule has 1 saturated heterocycles. The van der Waals surface area contributed by atoms with Gasteiger partial charge in [0.15, 0.2) is 0 Å². The average Bonchev–Trinajstić information content (AvgIpc) is 2.85. The van der Waals surface area contributed by atoms with Crippen LogP contribution in [0, 0.1) is 22.9 Å². The van der Waals surface area contributed by atoms with Crippen molar-refractivity contribution in [1.29, 1.82) is 0 Å². The largest absolute Gasteiger partial charge is 0.445 e. The van der Waals surface area contributed by atoms with Gasteiger partial charge in [-0.2, -0.15) is 0 Å². The summed E-state index contributed by atoms with van der Waals surface area (Å²) >= 11 is 0. The van der Waals surface area contributed by atoms with Crippen molar-refractivity contribution >= 4 is 23.4 Å². The third-order valence-corrected chi connectivity index (χ3v) is 6.04.